The smallest absolute Gasteiger partial charge is 0.191 e. The van der Waals surface area contributed by atoms with Crippen molar-refractivity contribution >= 4 is 25.4 Å². The zero-order valence-corrected chi connectivity index (χ0v) is 5.73. The van der Waals surface area contributed by atoms with Crippen LogP contribution in [0.3, 0.4) is 0 Å². The van der Waals surface area contributed by atoms with E-state index in [9.17, 15) is 4.57 Å². The van der Waals surface area contributed by atoms with Crippen LogP contribution in [0.25, 0.3) is 0 Å². The zero-order valence-electron chi connectivity index (χ0n) is 4.73. The van der Waals surface area contributed by atoms with Crippen molar-refractivity contribution in [2.75, 3.05) is 12.8 Å². The van der Waals surface area contributed by atoms with Gasteiger partial charge in [-0.15, -0.1) is 0 Å². The Bertz CT molecular complexity index is 67.1. The highest BCUT2D eigenvalue weighted by Gasteiger charge is 1.87. The van der Waals surface area contributed by atoms with Crippen molar-refractivity contribution in [1.82, 2.24) is 0 Å². The van der Waals surface area contributed by atoms with Crippen LogP contribution < -0.4 is 0 Å². The van der Waals surface area contributed by atoms with E-state index in [2.05, 4.69) is 0 Å². The van der Waals surface area contributed by atoms with Gasteiger partial charge in [0.2, 0.25) is 0 Å². The molecule has 50 valence electrons. The van der Waals surface area contributed by atoms with Crippen molar-refractivity contribution in [3.8, 4) is 0 Å². The predicted molar refractivity (Wildman–Crippen MR) is 41.1 cm³/mol. The van der Waals surface area contributed by atoms with Crippen LogP contribution in [-0.2, 0) is 9.09 Å². The molecular formula is C4H14AlO2P. The van der Waals surface area contributed by atoms with Gasteiger partial charge in [-0.1, -0.05) is 6.92 Å². The molecule has 0 aliphatic heterocycles. The highest BCUT2D eigenvalue weighted by molar-refractivity contribution is 7.39. The van der Waals surface area contributed by atoms with Crippen molar-refractivity contribution in [3.05, 3.63) is 0 Å². The molecule has 0 rings (SSSR count). The monoisotopic (exact) mass is 152 g/mol. The van der Waals surface area contributed by atoms with Crippen molar-refractivity contribution in [1.29, 1.82) is 0 Å². The number of rotatable bonds is 3. The summed E-state index contributed by atoms with van der Waals surface area (Å²) in [5, 5.41) is 0. The second-order valence-electron chi connectivity index (χ2n) is 1.16. The van der Waals surface area contributed by atoms with Crippen molar-refractivity contribution in [2.45, 2.75) is 13.8 Å². The van der Waals surface area contributed by atoms with Crippen molar-refractivity contribution in [2.24, 2.45) is 0 Å². The Morgan fingerprint density at radius 1 is 1.50 bits per heavy atom. The molecule has 0 aromatic rings. The molecular weight excluding hydrogens is 138 g/mol. The van der Waals surface area contributed by atoms with Gasteiger partial charge in [0.1, 0.15) is 0 Å². The summed E-state index contributed by atoms with van der Waals surface area (Å²) in [4.78, 5) is 0. The van der Waals surface area contributed by atoms with Crippen molar-refractivity contribution < 1.29 is 9.09 Å². The predicted octanol–water partition coefficient (Wildman–Crippen LogP) is 0.334. The highest BCUT2D eigenvalue weighted by Crippen LogP contribution is 2.19. The van der Waals surface area contributed by atoms with Gasteiger partial charge in [-0.2, -0.15) is 0 Å². The molecule has 0 heterocycles. The van der Waals surface area contributed by atoms with Crippen LogP contribution in [0, 0.1) is 0 Å². The Morgan fingerprint density at radius 3 is 2.12 bits per heavy atom. The first-order valence-corrected chi connectivity index (χ1v) is 3.99. The van der Waals surface area contributed by atoms with Gasteiger partial charge in [-0.05, 0) is 6.92 Å². The molecule has 0 aliphatic rings. The van der Waals surface area contributed by atoms with E-state index in [4.69, 9.17) is 4.52 Å². The Morgan fingerprint density at radius 2 is 2.00 bits per heavy atom. The summed E-state index contributed by atoms with van der Waals surface area (Å²) >= 11 is 0. The van der Waals surface area contributed by atoms with Gasteiger partial charge >= 0.3 is 0 Å². The van der Waals surface area contributed by atoms with Crippen LogP contribution in [0.4, 0.5) is 0 Å². The summed E-state index contributed by atoms with van der Waals surface area (Å²) in [6, 6.07) is 0. The maximum Gasteiger partial charge on any atom is 0.191 e. The molecule has 0 aromatic carbocycles. The van der Waals surface area contributed by atoms with E-state index < -0.39 is 8.03 Å². The molecule has 0 saturated heterocycles. The van der Waals surface area contributed by atoms with Crippen LogP contribution in [0.1, 0.15) is 13.8 Å². The number of hydrogen-bond donors (Lipinski definition) is 0. The molecule has 0 amide bonds. The molecule has 2 nitrogen and oxygen atoms in total. The molecule has 0 radical (unpaired) electrons. The van der Waals surface area contributed by atoms with Crippen LogP contribution in [-0.4, -0.2) is 30.1 Å². The number of hydrogen-bond acceptors (Lipinski definition) is 2. The third-order valence-corrected chi connectivity index (χ3v) is 1.78. The molecule has 1 atom stereocenters. The van der Waals surface area contributed by atoms with Gasteiger partial charge < -0.3 is 4.52 Å². The van der Waals surface area contributed by atoms with E-state index in [-0.39, 0.29) is 17.4 Å². The molecule has 0 saturated carbocycles. The lowest BCUT2D eigenvalue weighted by Gasteiger charge is -1.93. The zero-order chi connectivity index (χ0) is 5.70. The first-order chi connectivity index (χ1) is 3.31. The van der Waals surface area contributed by atoms with Gasteiger partial charge in [0.15, 0.2) is 25.4 Å². The SMILES string of the molecule is CCO[PH](=O)CC.[AlH3]. The topological polar surface area (TPSA) is 26.3 Å². The van der Waals surface area contributed by atoms with Crippen LogP contribution in [0.5, 0.6) is 0 Å². The maximum atomic E-state index is 10.4. The molecule has 0 aromatic heterocycles. The molecule has 0 spiro atoms. The van der Waals surface area contributed by atoms with Crippen LogP contribution in [0.2, 0.25) is 0 Å². The fourth-order valence-corrected chi connectivity index (χ4v) is 0.789. The average molecular weight is 152 g/mol. The molecule has 0 N–H and O–H groups in total. The fraction of sp³-hybridized carbons (Fsp3) is 1.00. The summed E-state index contributed by atoms with van der Waals surface area (Å²) in [6.45, 7) is 4.28. The summed E-state index contributed by atoms with van der Waals surface area (Å²) < 4.78 is 15.1. The Kier molecular flexibility index (Phi) is 11.1. The van der Waals surface area contributed by atoms with E-state index in [1.165, 1.54) is 0 Å². The Hall–Kier alpha value is 0.722. The fourth-order valence-electron chi connectivity index (χ4n) is 0.263. The lowest BCUT2D eigenvalue weighted by Crippen LogP contribution is -1.76. The van der Waals surface area contributed by atoms with E-state index >= 15 is 0 Å². The lowest BCUT2D eigenvalue weighted by atomic mass is 10.9. The Labute approximate surface area is 61.6 Å². The standard InChI is InChI=1S/C4H11O2P.Al.3H/c1-3-6-7(5)4-2;;;;/h7H,3-4H2,1-2H3;;;;. The van der Waals surface area contributed by atoms with Gasteiger partial charge in [-0.25, -0.2) is 0 Å². The minimum absolute atomic E-state index is 0. The third kappa shape index (κ3) is 6.72. The summed E-state index contributed by atoms with van der Waals surface area (Å²) in [6.07, 6.45) is 0.665. The molecule has 0 fully saturated rings. The van der Waals surface area contributed by atoms with E-state index in [0.717, 1.165) is 0 Å². The van der Waals surface area contributed by atoms with Gasteiger partial charge in [-0.3, -0.25) is 4.57 Å². The third-order valence-electron chi connectivity index (χ3n) is 0.594. The Balaban J connectivity index is 0. The van der Waals surface area contributed by atoms with Crippen LogP contribution >= 0.6 is 8.03 Å². The molecule has 0 aliphatic carbocycles. The first kappa shape index (κ1) is 11.5. The summed E-state index contributed by atoms with van der Waals surface area (Å²) in [7, 11) is -1.63. The molecule has 1 unspecified atom stereocenters. The van der Waals surface area contributed by atoms with Crippen molar-refractivity contribution in [3.63, 3.8) is 0 Å². The summed E-state index contributed by atoms with van der Waals surface area (Å²) in [5.41, 5.74) is 0. The lowest BCUT2D eigenvalue weighted by molar-refractivity contribution is 0.351. The van der Waals surface area contributed by atoms with Crippen LogP contribution in [0.15, 0.2) is 0 Å². The second-order valence-corrected chi connectivity index (χ2v) is 2.90. The maximum absolute atomic E-state index is 10.4. The normalized spacial score (nSPS) is 12.2. The first-order valence-electron chi connectivity index (χ1n) is 2.46. The minimum atomic E-state index is -1.63. The largest absolute Gasteiger partial charge is 0.331 e. The molecule has 8 heavy (non-hydrogen) atoms. The van der Waals surface area contributed by atoms with E-state index in [0.29, 0.717) is 12.8 Å². The van der Waals surface area contributed by atoms with E-state index in [1.54, 1.807) is 0 Å². The highest BCUT2D eigenvalue weighted by atomic mass is 31.1. The molecule has 4 heteroatoms. The van der Waals surface area contributed by atoms with Gasteiger partial charge in [0.05, 0.1) is 6.61 Å². The second kappa shape index (κ2) is 7.72. The quantitative estimate of drug-likeness (QED) is 0.430. The minimum Gasteiger partial charge on any atom is -0.331 e. The van der Waals surface area contributed by atoms with E-state index in [1.807, 2.05) is 13.8 Å². The van der Waals surface area contributed by atoms with Gasteiger partial charge in [0, 0.05) is 6.16 Å². The molecule has 0 bridgehead atoms. The van der Waals surface area contributed by atoms with Gasteiger partial charge in [0.25, 0.3) is 0 Å². The average Bonchev–Trinajstić information content (AvgIpc) is 1.68. The summed E-state index contributed by atoms with van der Waals surface area (Å²) in [5.74, 6) is 0.